The Labute approximate surface area is 81.1 Å². The molecule has 0 aliphatic carbocycles. The molecule has 4 heteroatoms. The van der Waals surface area contributed by atoms with Gasteiger partial charge in [0.2, 0.25) is 0 Å². The maximum absolute atomic E-state index is 10.8. The van der Waals surface area contributed by atoms with Gasteiger partial charge in [-0.3, -0.25) is 4.79 Å². The van der Waals surface area contributed by atoms with Crippen LogP contribution in [0.25, 0.3) is 0 Å². The zero-order valence-electron chi connectivity index (χ0n) is 7.17. The maximum atomic E-state index is 10.8. The highest BCUT2D eigenvalue weighted by Crippen LogP contribution is 2.26. The number of nitrogens with two attached hydrogens (primary N) is 1. The first kappa shape index (κ1) is 9.86. The van der Waals surface area contributed by atoms with E-state index in [0.717, 1.165) is 0 Å². The Morgan fingerprint density at radius 3 is 2.69 bits per heavy atom. The molecule has 0 atom stereocenters. The van der Waals surface area contributed by atoms with Gasteiger partial charge in [0.1, 0.15) is 5.75 Å². The lowest BCUT2D eigenvalue weighted by Crippen LogP contribution is -2.11. The number of carbonyl (C=O) groups is 1. The van der Waals surface area contributed by atoms with Crippen LogP contribution in [0.3, 0.4) is 0 Å². The highest BCUT2D eigenvalue weighted by molar-refractivity contribution is 6.31. The van der Waals surface area contributed by atoms with Crippen molar-refractivity contribution in [3.05, 3.63) is 28.3 Å². The Morgan fingerprint density at radius 1 is 1.62 bits per heavy atom. The predicted octanol–water partition coefficient (Wildman–Crippen LogP) is 1.71. The molecule has 0 unspecified atom stereocenters. The zero-order valence-corrected chi connectivity index (χ0v) is 7.93. The third kappa shape index (κ3) is 1.92. The Balaban J connectivity index is 3.35. The smallest absolute Gasteiger partial charge is 0.252 e. The van der Waals surface area contributed by atoms with Crippen LogP contribution < -0.4 is 5.73 Å². The van der Waals surface area contributed by atoms with Gasteiger partial charge in [-0.2, -0.15) is 0 Å². The Kier molecular flexibility index (Phi) is 2.78. The van der Waals surface area contributed by atoms with Crippen LogP contribution in [0.4, 0.5) is 0 Å². The molecule has 0 aromatic heterocycles. The minimum Gasteiger partial charge on any atom is -0.507 e. The Morgan fingerprint density at radius 2 is 2.23 bits per heavy atom. The molecule has 0 heterocycles. The van der Waals surface area contributed by atoms with E-state index in [1.165, 1.54) is 6.07 Å². The van der Waals surface area contributed by atoms with E-state index in [0.29, 0.717) is 17.0 Å². The molecule has 0 saturated carbocycles. The molecular weight excluding hydrogens is 190 g/mol. The molecule has 0 radical (unpaired) electrons. The van der Waals surface area contributed by atoms with E-state index in [-0.39, 0.29) is 11.3 Å². The molecule has 0 saturated heterocycles. The highest BCUT2D eigenvalue weighted by atomic mass is 35.5. The molecule has 13 heavy (non-hydrogen) atoms. The molecule has 1 aromatic rings. The van der Waals surface area contributed by atoms with E-state index in [9.17, 15) is 9.90 Å². The number of hydrogen-bond acceptors (Lipinski definition) is 2. The largest absolute Gasteiger partial charge is 0.507 e. The quantitative estimate of drug-likeness (QED) is 0.762. The van der Waals surface area contributed by atoms with E-state index in [1.54, 1.807) is 6.07 Å². The molecule has 3 nitrogen and oxygen atoms in total. The predicted molar refractivity (Wildman–Crippen MR) is 51.0 cm³/mol. The molecule has 3 N–H and O–H groups in total. The van der Waals surface area contributed by atoms with Gasteiger partial charge < -0.3 is 10.8 Å². The topological polar surface area (TPSA) is 63.3 Å². The van der Waals surface area contributed by atoms with Crippen molar-refractivity contribution in [1.29, 1.82) is 0 Å². The SMILES string of the molecule is CCc1cc(Cl)cc(C(N)=O)c1O. The van der Waals surface area contributed by atoms with Gasteiger partial charge in [0.15, 0.2) is 0 Å². The first-order chi connectivity index (χ1) is 6.06. The van der Waals surface area contributed by atoms with Crippen LogP contribution in [0.15, 0.2) is 12.1 Å². The molecule has 0 aliphatic heterocycles. The van der Waals surface area contributed by atoms with E-state index < -0.39 is 5.91 Å². The molecule has 0 aliphatic rings. The lowest BCUT2D eigenvalue weighted by molar-refractivity contribution is 0.0997. The van der Waals surface area contributed by atoms with Gasteiger partial charge in [-0.05, 0) is 24.1 Å². The molecule has 0 bridgehead atoms. The van der Waals surface area contributed by atoms with Crippen LogP contribution in [0.2, 0.25) is 5.02 Å². The fourth-order valence-electron chi connectivity index (χ4n) is 1.11. The van der Waals surface area contributed by atoms with Crippen LogP contribution in [-0.4, -0.2) is 11.0 Å². The standard InChI is InChI=1S/C9H10ClNO2/c1-2-5-3-6(10)4-7(8(5)12)9(11)13/h3-4,12H,2H2,1H3,(H2,11,13). The summed E-state index contributed by atoms with van der Waals surface area (Å²) in [6, 6.07) is 2.97. The monoisotopic (exact) mass is 199 g/mol. The van der Waals surface area contributed by atoms with Crippen LogP contribution in [0.1, 0.15) is 22.8 Å². The number of aryl methyl sites for hydroxylation is 1. The van der Waals surface area contributed by atoms with Crippen LogP contribution in [-0.2, 0) is 6.42 Å². The number of rotatable bonds is 2. The second-order valence-electron chi connectivity index (χ2n) is 2.68. The first-order valence-corrected chi connectivity index (χ1v) is 4.25. The lowest BCUT2D eigenvalue weighted by Gasteiger charge is -2.06. The molecular formula is C9H10ClNO2. The average molecular weight is 200 g/mol. The molecule has 1 rings (SSSR count). The van der Waals surface area contributed by atoms with Crippen molar-refractivity contribution in [1.82, 2.24) is 0 Å². The van der Waals surface area contributed by atoms with Gasteiger partial charge >= 0.3 is 0 Å². The summed E-state index contributed by atoms with van der Waals surface area (Å²) in [5, 5.41) is 9.93. The third-order valence-electron chi connectivity index (χ3n) is 1.80. The van der Waals surface area contributed by atoms with Gasteiger partial charge in [-0.15, -0.1) is 0 Å². The normalized spacial score (nSPS) is 10.0. The van der Waals surface area contributed by atoms with Gasteiger partial charge in [0, 0.05) is 5.02 Å². The summed E-state index contributed by atoms with van der Waals surface area (Å²) >= 11 is 5.73. The Bertz CT molecular complexity index is 350. The number of benzene rings is 1. The van der Waals surface area contributed by atoms with E-state index in [2.05, 4.69) is 0 Å². The second-order valence-corrected chi connectivity index (χ2v) is 3.12. The summed E-state index contributed by atoms with van der Waals surface area (Å²) in [6.07, 6.45) is 0.604. The molecule has 1 amide bonds. The van der Waals surface area contributed by atoms with Crippen molar-refractivity contribution >= 4 is 17.5 Å². The number of amides is 1. The summed E-state index contributed by atoms with van der Waals surface area (Å²) in [7, 11) is 0. The fraction of sp³-hybridized carbons (Fsp3) is 0.222. The van der Waals surface area contributed by atoms with E-state index in [1.807, 2.05) is 6.92 Å². The van der Waals surface area contributed by atoms with Crippen molar-refractivity contribution < 1.29 is 9.90 Å². The fourth-order valence-corrected chi connectivity index (χ4v) is 1.35. The minimum atomic E-state index is -0.672. The first-order valence-electron chi connectivity index (χ1n) is 3.87. The number of halogens is 1. The third-order valence-corrected chi connectivity index (χ3v) is 2.02. The van der Waals surface area contributed by atoms with Gasteiger partial charge in [-0.1, -0.05) is 18.5 Å². The number of hydrogen-bond donors (Lipinski definition) is 2. The number of carbonyl (C=O) groups excluding carboxylic acids is 1. The highest BCUT2D eigenvalue weighted by Gasteiger charge is 2.11. The second kappa shape index (κ2) is 3.66. The summed E-state index contributed by atoms with van der Waals surface area (Å²) in [6.45, 7) is 1.86. The summed E-state index contributed by atoms with van der Waals surface area (Å²) in [5.74, 6) is -0.742. The summed E-state index contributed by atoms with van der Waals surface area (Å²) in [4.78, 5) is 10.8. The van der Waals surface area contributed by atoms with Crippen molar-refractivity contribution in [2.75, 3.05) is 0 Å². The molecule has 1 aromatic carbocycles. The van der Waals surface area contributed by atoms with Crippen molar-refractivity contribution in [2.24, 2.45) is 5.73 Å². The van der Waals surface area contributed by atoms with Crippen LogP contribution >= 0.6 is 11.6 Å². The molecule has 0 fully saturated rings. The number of primary amides is 1. The number of aromatic hydroxyl groups is 1. The zero-order chi connectivity index (χ0) is 10.0. The van der Waals surface area contributed by atoms with Crippen molar-refractivity contribution in [3.8, 4) is 5.75 Å². The van der Waals surface area contributed by atoms with Crippen molar-refractivity contribution in [2.45, 2.75) is 13.3 Å². The van der Waals surface area contributed by atoms with Crippen LogP contribution in [0.5, 0.6) is 5.75 Å². The van der Waals surface area contributed by atoms with Gasteiger partial charge in [0.05, 0.1) is 5.56 Å². The summed E-state index contributed by atoms with van der Waals surface area (Å²) in [5.41, 5.74) is 5.75. The van der Waals surface area contributed by atoms with Crippen LogP contribution in [0, 0.1) is 0 Å². The summed E-state index contributed by atoms with van der Waals surface area (Å²) < 4.78 is 0. The number of phenols is 1. The van der Waals surface area contributed by atoms with Crippen molar-refractivity contribution in [3.63, 3.8) is 0 Å². The lowest BCUT2D eigenvalue weighted by atomic mass is 10.1. The van der Waals surface area contributed by atoms with E-state index >= 15 is 0 Å². The average Bonchev–Trinajstić information content (AvgIpc) is 2.08. The maximum Gasteiger partial charge on any atom is 0.252 e. The van der Waals surface area contributed by atoms with E-state index in [4.69, 9.17) is 17.3 Å². The molecule has 70 valence electrons. The van der Waals surface area contributed by atoms with Gasteiger partial charge in [0.25, 0.3) is 5.91 Å². The molecule has 0 spiro atoms. The minimum absolute atomic E-state index is 0.0700. The Hall–Kier alpha value is -1.22. The van der Waals surface area contributed by atoms with Gasteiger partial charge in [-0.25, -0.2) is 0 Å².